The molecule has 0 N–H and O–H groups in total. The smallest absolute Gasteiger partial charge is 0.119 e. The standard InChI is InChI=1S/C12H26N2O/c1-6-7-12(8-9-14(4)5)13-15-10-11(2)3/h11H,6-10H2,1-5H3/b13-12-. The zero-order chi connectivity index (χ0) is 11.7. The summed E-state index contributed by atoms with van der Waals surface area (Å²) in [6, 6.07) is 0. The van der Waals surface area contributed by atoms with Crippen LogP contribution in [0.15, 0.2) is 5.16 Å². The number of nitrogens with zero attached hydrogens (tertiary/aromatic N) is 2. The molecule has 0 bridgehead atoms. The van der Waals surface area contributed by atoms with Crippen LogP contribution in [0.5, 0.6) is 0 Å². The van der Waals surface area contributed by atoms with Gasteiger partial charge in [-0.3, -0.25) is 0 Å². The Morgan fingerprint density at radius 3 is 2.40 bits per heavy atom. The Bertz CT molecular complexity index is 176. The van der Waals surface area contributed by atoms with Crippen molar-refractivity contribution < 1.29 is 4.84 Å². The van der Waals surface area contributed by atoms with Gasteiger partial charge in [0.1, 0.15) is 6.61 Å². The van der Waals surface area contributed by atoms with Gasteiger partial charge in [-0.1, -0.05) is 32.3 Å². The SMILES string of the molecule is CCC/C(CCN(C)C)=N/OCC(C)C. The molecule has 3 nitrogen and oxygen atoms in total. The highest BCUT2D eigenvalue weighted by molar-refractivity contribution is 5.84. The van der Waals surface area contributed by atoms with Crippen LogP contribution in [0.25, 0.3) is 0 Å². The summed E-state index contributed by atoms with van der Waals surface area (Å²) >= 11 is 0. The third-order valence-corrected chi connectivity index (χ3v) is 1.99. The van der Waals surface area contributed by atoms with E-state index in [0.29, 0.717) is 5.92 Å². The van der Waals surface area contributed by atoms with Gasteiger partial charge in [-0.25, -0.2) is 0 Å². The second-order valence-electron chi connectivity index (χ2n) is 4.65. The maximum absolute atomic E-state index is 5.31. The molecule has 0 heterocycles. The van der Waals surface area contributed by atoms with E-state index in [9.17, 15) is 0 Å². The van der Waals surface area contributed by atoms with Crippen LogP contribution >= 0.6 is 0 Å². The predicted octanol–water partition coefficient (Wildman–Crippen LogP) is 2.77. The lowest BCUT2D eigenvalue weighted by Crippen LogP contribution is -2.17. The fourth-order valence-corrected chi connectivity index (χ4v) is 1.14. The Morgan fingerprint density at radius 1 is 1.27 bits per heavy atom. The molecule has 0 aliphatic heterocycles. The van der Waals surface area contributed by atoms with Crippen molar-refractivity contribution in [2.24, 2.45) is 11.1 Å². The van der Waals surface area contributed by atoms with Crippen molar-refractivity contribution in [3.8, 4) is 0 Å². The van der Waals surface area contributed by atoms with E-state index in [0.717, 1.165) is 32.4 Å². The molecule has 0 saturated carbocycles. The minimum absolute atomic E-state index is 0.547. The first-order valence-electron chi connectivity index (χ1n) is 5.88. The summed E-state index contributed by atoms with van der Waals surface area (Å²) in [4.78, 5) is 7.49. The summed E-state index contributed by atoms with van der Waals surface area (Å²) in [5, 5.41) is 4.22. The van der Waals surface area contributed by atoms with Crippen LogP contribution in [0, 0.1) is 5.92 Å². The van der Waals surface area contributed by atoms with E-state index in [-0.39, 0.29) is 0 Å². The molecule has 0 fully saturated rings. The van der Waals surface area contributed by atoms with Crippen molar-refractivity contribution in [1.82, 2.24) is 4.90 Å². The molecule has 0 rings (SSSR count). The molecule has 0 aromatic carbocycles. The van der Waals surface area contributed by atoms with Crippen molar-refractivity contribution in [3.63, 3.8) is 0 Å². The topological polar surface area (TPSA) is 24.8 Å². The Morgan fingerprint density at radius 2 is 1.93 bits per heavy atom. The largest absolute Gasteiger partial charge is 0.396 e. The molecule has 0 aliphatic carbocycles. The van der Waals surface area contributed by atoms with Crippen LogP contribution in [0.3, 0.4) is 0 Å². The lowest BCUT2D eigenvalue weighted by molar-refractivity contribution is 0.117. The zero-order valence-corrected chi connectivity index (χ0v) is 10.9. The molecular formula is C12H26N2O. The quantitative estimate of drug-likeness (QED) is 0.458. The first-order valence-corrected chi connectivity index (χ1v) is 5.88. The van der Waals surface area contributed by atoms with Gasteiger partial charge in [0.15, 0.2) is 0 Å². The zero-order valence-electron chi connectivity index (χ0n) is 10.9. The van der Waals surface area contributed by atoms with Gasteiger partial charge in [0.25, 0.3) is 0 Å². The van der Waals surface area contributed by atoms with E-state index in [4.69, 9.17) is 4.84 Å². The molecule has 0 aromatic rings. The molecule has 3 heteroatoms. The highest BCUT2D eigenvalue weighted by Crippen LogP contribution is 2.01. The number of rotatable bonds is 8. The van der Waals surface area contributed by atoms with Gasteiger partial charge in [0.2, 0.25) is 0 Å². The number of hydrogen-bond acceptors (Lipinski definition) is 3. The normalized spacial score (nSPS) is 12.6. The summed E-state index contributed by atoms with van der Waals surface area (Å²) < 4.78 is 0. The van der Waals surface area contributed by atoms with Crippen LogP contribution in [-0.4, -0.2) is 37.9 Å². The first kappa shape index (κ1) is 14.4. The Hall–Kier alpha value is -0.570. The number of hydrogen-bond donors (Lipinski definition) is 0. The molecule has 0 radical (unpaired) electrons. The Labute approximate surface area is 94.5 Å². The van der Waals surface area contributed by atoms with Gasteiger partial charge in [-0.05, 0) is 26.4 Å². The van der Waals surface area contributed by atoms with E-state index in [1.807, 2.05) is 0 Å². The molecule has 0 saturated heterocycles. The Kier molecular flexibility index (Phi) is 8.38. The molecule has 0 aromatic heterocycles. The van der Waals surface area contributed by atoms with E-state index < -0.39 is 0 Å². The third kappa shape index (κ3) is 9.73. The van der Waals surface area contributed by atoms with Crippen molar-refractivity contribution in [2.75, 3.05) is 27.2 Å². The lowest BCUT2D eigenvalue weighted by Gasteiger charge is -2.11. The van der Waals surface area contributed by atoms with Gasteiger partial charge in [0.05, 0.1) is 5.71 Å². The summed E-state index contributed by atoms with van der Waals surface area (Å²) in [6.45, 7) is 8.20. The number of oxime groups is 1. The predicted molar refractivity (Wildman–Crippen MR) is 66.3 cm³/mol. The van der Waals surface area contributed by atoms with Crippen LogP contribution < -0.4 is 0 Å². The highest BCUT2D eigenvalue weighted by Gasteiger charge is 2.01. The van der Waals surface area contributed by atoms with E-state index in [1.165, 1.54) is 5.71 Å². The second kappa shape index (κ2) is 8.72. The molecule has 0 aliphatic rings. The molecule has 0 spiro atoms. The molecule has 0 atom stereocenters. The van der Waals surface area contributed by atoms with Crippen molar-refractivity contribution in [3.05, 3.63) is 0 Å². The molecule has 90 valence electrons. The fourth-order valence-electron chi connectivity index (χ4n) is 1.14. The van der Waals surface area contributed by atoms with Crippen LogP contribution in [0.2, 0.25) is 0 Å². The van der Waals surface area contributed by atoms with E-state index in [1.54, 1.807) is 0 Å². The molecule has 15 heavy (non-hydrogen) atoms. The molecule has 0 amide bonds. The van der Waals surface area contributed by atoms with Crippen LogP contribution in [0.4, 0.5) is 0 Å². The summed E-state index contributed by atoms with van der Waals surface area (Å²) in [5.74, 6) is 0.547. The van der Waals surface area contributed by atoms with E-state index >= 15 is 0 Å². The second-order valence-corrected chi connectivity index (χ2v) is 4.65. The summed E-state index contributed by atoms with van der Waals surface area (Å²) in [5.41, 5.74) is 1.19. The molecule has 0 unspecified atom stereocenters. The minimum atomic E-state index is 0.547. The monoisotopic (exact) mass is 214 g/mol. The van der Waals surface area contributed by atoms with Gasteiger partial charge in [-0.15, -0.1) is 0 Å². The van der Waals surface area contributed by atoms with Gasteiger partial charge < -0.3 is 9.74 Å². The summed E-state index contributed by atoms with van der Waals surface area (Å²) in [7, 11) is 4.16. The summed E-state index contributed by atoms with van der Waals surface area (Å²) in [6.07, 6.45) is 3.20. The van der Waals surface area contributed by atoms with Crippen LogP contribution in [0.1, 0.15) is 40.0 Å². The van der Waals surface area contributed by atoms with Crippen molar-refractivity contribution in [1.29, 1.82) is 0 Å². The van der Waals surface area contributed by atoms with Gasteiger partial charge >= 0.3 is 0 Å². The maximum atomic E-state index is 5.31. The highest BCUT2D eigenvalue weighted by atomic mass is 16.6. The minimum Gasteiger partial charge on any atom is -0.396 e. The third-order valence-electron chi connectivity index (χ3n) is 1.99. The van der Waals surface area contributed by atoms with Gasteiger partial charge in [0, 0.05) is 13.0 Å². The molecular weight excluding hydrogens is 188 g/mol. The average molecular weight is 214 g/mol. The van der Waals surface area contributed by atoms with Gasteiger partial charge in [-0.2, -0.15) is 0 Å². The fraction of sp³-hybridized carbons (Fsp3) is 0.917. The lowest BCUT2D eigenvalue weighted by atomic mass is 10.1. The first-order chi connectivity index (χ1) is 7.06. The Balaban J connectivity index is 3.89. The van der Waals surface area contributed by atoms with Crippen LogP contribution in [-0.2, 0) is 4.84 Å². The van der Waals surface area contributed by atoms with Crippen molar-refractivity contribution in [2.45, 2.75) is 40.0 Å². The maximum Gasteiger partial charge on any atom is 0.119 e. The van der Waals surface area contributed by atoms with Crippen molar-refractivity contribution >= 4 is 5.71 Å². The van der Waals surface area contributed by atoms with E-state index in [2.05, 4.69) is 44.9 Å². The average Bonchev–Trinajstić information content (AvgIpc) is 2.13.